The Balaban J connectivity index is 1.77. The van der Waals surface area contributed by atoms with Crippen LogP contribution in [0.25, 0.3) is 0 Å². The maximum Gasteiger partial charge on any atom is 0.261 e. The third-order valence-electron chi connectivity index (χ3n) is 5.11. The molecule has 0 unspecified atom stereocenters. The number of hydrogen-bond donors (Lipinski definition) is 1. The Morgan fingerprint density at radius 2 is 2.00 bits per heavy atom. The van der Waals surface area contributed by atoms with Crippen molar-refractivity contribution in [3.8, 4) is 5.75 Å². The second-order valence-electron chi connectivity index (χ2n) is 7.09. The molecular weight excluding hydrogens is 300 g/mol. The molecular formula is C20H32N2O2. The van der Waals surface area contributed by atoms with Crippen LogP contribution in [0.4, 0.5) is 0 Å². The van der Waals surface area contributed by atoms with E-state index in [1.807, 2.05) is 25.1 Å². The van der Waals surface area contributed by atoms with Gasteiger partial charge in [-0.25, -0.2) is 0 Å². The molecule has 1 fully saturated rings. The summed E-state index contributed by atoms with van der Waals surface area (Å²) in [6.07, 6.45) is 3.81. The molecule has 4 heteroatoms. The van der Waals surface area contributed by atoms with Crippen molar-refractivity contribution in [3.05, 3.63) is 29.3 Å². The lowest BCUT2D eigenvalue weighted by Gasteiger charge is -2.29. The third kappa shape index (κ3) is 5.52. The van der Waals surface area contributed by atoms with Gasteiger partial charge in [0.25, 0.3) is 5.91 Å². The number of nitrogens with one attached hydrogen (secondary N) is 1. The molecule has 1 atom stereocenters. The molecule has 1 aromatic rings. The molecule has 0 bridgehead atoms. The third-order valence-corrected chi connectivity index (χ3v) is 5.11. The Hall–Kier alpha value is -1.55. The normalized spacial score (nSPS) is 17.5. The van der Waals surface area contributed by atoms with Crippen LogP contribution in [0.15, 0.2) is 18.2 Å². The van der Waals surface area contributed by atoms with Gasteiger partial charge in [-0.15, -0.1) is 0 Å². The van der Waals surface area contributed by atoms with Gasteiger partial charge in [-0.3, -0.25) is 4.79 Å². The van der Waals surface area contributed by atoms with Crippen LogP contribution >= 0.6 is 0 Å². The summed E-state index contributed by atoms with van der Waals surface area (Å²) in [5, 5.41) is 3.06. The van der Waals surface area contributed by atoms with Crippen LogP contribution in [0.3, 0.4) is 0 Å². The summed E-state index contributed by atoms with van der Waals surface area (Å²) >= 11 is 0. The first kappa shape index (κ1) is 18.8. The number of piperidine rings is 1. The lowest BCUT2D eigenvalue weighted by molar-refractivity contribution is -0.128. The number of carbonyl (C=O) groups excluding carboxylic acids is 1. The number of hydrogen-bond acceptors (Lipinski definition) is 3. The quantitative estimate of drug-likeness (QED) is 0.833. The number of carbonyl (C=O) groups is 1. The van der Waals surface area contributed by atoms with E-state index in [1.165, 1.54) is 37.1 Å². The first-order valence-corrected chi connectivity index (χ1v) is 9.19. The van der Waals surface area contributed by atoms with Gasteiger partial charge >= 0.3 is 0 Å². The zero-order valence-electron chi connectivity index (χ0n) is 15.6. The van der Waals surface area contributed by atoms with Crippen molar-refractivity contribution in [2.24, 2.45) is 5.92 Å². The monoisotopic (exact) mass is 332 g/mol. The molecule has 0 saturated carbocycles. The van der Waals surface area contributed by atoms with E-state index >= 15 is 0 Å². The predicted octanol–water partition coefficient (Wildman–Crippen LogP) is 3.31. The van der Waals surface area contributed by atoms with Crippen LogP contribution in [0.1, 0.15) is 43.7 Å². The molecule has 1 aliphatic heterocycles. The SMILES string of the molecule is CC[C@H](Oc1ccc(C)c(C)c1)C(=O)NCCC1CCN(C)CC1. The largest absolute Gasteiger partial charge is 0.481 e. The number of ether oxygens (including phenoxy) is 1. The minimum absolute atomic E-state index is 0.00338. The van der Waals surface area contributed by atoms with Crippen LogP contribution in [0, 0.1) is 19.8 Å². The fourth-order valence-corrected chi connectivity index (χ4v) is 3.14. The van der Waals surface area contributed by atoms with E-state index < -0.39 is 6.10 Å². The number of amides is 1. The first-order chi connectivity index (χ1) is 11.5. The predicted molar refractivity (Wildman–Crippen MR) is 98.5 cm³/mol. The molecule has 0 spiro atoms. The number of aryl methyl sites for hydroxylation is 2. The molecule has 1 saturated heterocycles. The maximum atomic E-state index is 12.4. The first-order valence-electron chi connectivity index (χ1n) is 9.19. The van der Waals surface area contributed by atoms with Crippen molar-refractivity contribution < 1.29 is 9.53 Å². The molecule has 1 N–H and O–H groups in total. The fourth-order valence-electron chi connectivity index (χ4n) is 3.14. The summed E-state index contributed by atoms with van der Waals surface area (Å²) < 4.78 is 5.90. The van der Waals surface area contributed by atoms with E-state index in [4.69, 9.17) is 4.74 Å². The topological polar surface area (TPSA) is 41.6 Å². The Labute approximate surface area is 146 Å². The standard InChI is InChI=1S/C20H32N2O2/c1-5-19(24-18-7-6-15(2)16(3)14-18)20(23)21-11-8-17-9-12-22(4)13-10-17/h6-7,14,17,19H,5,8-13H2,1-4H3,(H,21,23)/t19-/m0/s1. The summed E-state index contributed by atoms with van der Waals surface area (Å²) in [6, 6.07) is 5.98. The van der Waals surface area contributed by atoms with Gasteiger partial charge in [0.15, 0.2) is 6.10 Å². The summed E-state index contributed by atoms with van der Waals surface area (Å²) in [7, 11) is 2.17. The van der Waals surface area contributed by atoms with Crippen molar-refractivity contribution in [2.45, 2.75) is 52.6 Å². The fraction of sp³-hybridized carbons (Fsp3) is 0.650. The van der Waals surface area contributed by atoms with Gasteiger partial charge in [-0.2, -0.15) is 0 Å². The van der Waals surface area contributed by atoms with E-state index in [0.29, 0.717) is 6.42 Å². The van der Waals surface area contributed by atoms with Crippen molar-refractivity contribution in [1.29, 1.82) is 0 Å². The number of benzene rings is 1. The van der Waals surface area contributed by atoms with Gasteiger partial charge in [-0.1, -0.05) is 13.0 Å². The van der Waals surface area contributed by atoms with E-state index in [1.54, 1.807) is 0 Å². The second-order valence-corrected chi connectivity index (χ2v) is 7.09. The number of rotatable bonds is 7. The van der Waals surface area contributed by atoms with Gasteiger partial charge < -0.3 is 15.0 Å². The van der Waals surface area contributed by atoms with Gasteiger partial charge in [0.2, 0.25) is 0 Å². The van der Waals surface area contributed by atoms with Crippen LogP contribution in [-0.4, -0.2) is 43.6 Å². The summed E-state index contributed by atoms with van der Waals surface area (Å²) in [5.74, 6) is 1.52. The second kappa shape index (κ2) is 9.07. The minimum atomic E-state index is -0.412. The molecule has 24 heavy (non-hydrogen) atoms. The summed E-state index contributed by atoms with van der Waals surface area (Å²) in [6.45, 7) is 9.22. The van der Waals surface area contributed by atoms with Crippen molar-refractivity contribution >= 4 is 5.91 Å². The zero-order chi connectivity index (χ0) is 17.5. The Morgan fingerprint density at radius 1 is 1.29 bits per heavy atom. The molecule has 4 nitrogen and oxygen atoms in total. The van der Waals surface area contributed by atoms with Crippen LogP contribution < -0.4 is 10.1 Å². The molecule has 134 valence electrons. The van der Waals surface area contributed by atoms with E-state index in [2.05, 4.69) is 31.1 Å². The molecule has 1 aliphatic rings. The molecule has 0 aromatic heterocycles. The van der Waals surface area contributed by atoms with Crippen molar-refractivity contribution in [3.63, 3.8) is 0 Å². The lowest BCUT2D eigenvalue weighted by Crippen LogP contribution is -2.39. The highest BCUT2D eigenvalue weighted by molar-refractivity contribution is 5.81. The van der Waals surface area contributed by atoms with Gasteiger partial charge in [0, 0.05) is 6.54 Å². The molecule has 0 aliphatic carbocycles. The molecule has 2 rings (SSSR count). The molecule has 1 heterocycles. The van der Waals surface area contributed by atoms with E-state index in [9.17, 15) is 4.79 Å². The average molecular weight is 332 g/mol. The van der Waals surface area contributed by atoms with Crippen LogP contribution in [0.2, 0.25) is 0 Å². The van der Waals surface area contributed by atoms with E-state index in [-0.39, 0.29) is 5.91 Å². The lowest BCUT2D eigenvalue weighted by atomic mass is 9.94. The van der Waals surface area contributed by atoms with Gasteiger partial charge in [0.1, 0.15) is 5.75 Å². The minimum Gasteiger partial charge on any atom is -0.481 e. The highest BCUT2D eigenvalue weighted by Gasteiger charge is 2.20. The highest BCUT2D eigenvalue weighted by Crippen LogP contribution is 2.20. The maximum absolute atomic E-state index is 12.4. The van der Waals surface area contributed by atoms with Gasteiger partial charge in [0.05, 0.1) is 0 Å². The number of nitrogens with zero attached hydrogens (tertiary/aromatic N) is 1. The molecule has 0 radical (unpaired) electrons. The van der Waals surface area contributed by atoms with Crippen molar-refractivity contribution in [2.75, 3.05) is 26.7 Å². The van der Waals surface area contributed by atoms with Gasteiger partial charge in [-0.05, 0) is 88.8 Å². The zero-order valence-corrected chi connectivity index (χ0v) is 15.6. The summed E-state index contributed by atoms with van der Waals surface area (Å²) in [5.41, 5.74) is 2.42. The van der Waals surface area contributed by atoms with Crippen LogP contribution in [-0.2, 0) is 4.79 Å². The smallest absolute Gasteiger partial charge is 0.261 e. The highest BCUT2D eigenvalue weighted by atomic mass is 16.5. The Morgan fingerprint density at radius 3 is 2.62 bits per heavy atom. The van der Waals surface area contributed by atoms with Crippen LogP contribution in [0.5, 0.6) is 5.75 Å². The summed E-state index contributed by atoms with van der Waals surface area (Å²) in [4.78, 5) is 14.8. The Kier molecular flexibility index (Phi) is 7.10. The van der Waals surface area contributed by atoms with E-state index in [0.717, 1.165) is 24.6 Å². The number of likely N-dealkylation sites (tertiary alicyclic amines) is 1. The van der Waals surface area contributed by atoms with Crippen molar-refractivity contribution in [1.82, 2.24) is 10.2 Å². The Bertz CT molecular complexity index is 536. The average Bonchev–Trinajstić information content (AvgIpc) is 2.57. The molecule has 1 amide bonds. The molecule has 1 aromatic carbocycles.